The Balaban J connectivity index is 0.000000141. The van der Waals surface area contributed by atoms with Crippen LogP contribution >= 0.6 is 14.3 Å². The van der Waals surface area contributed by atoms with E-state index in [2.05, 4.69) is 288 Å². The van der Waals surface area contributed by atoms with E-state index in [4.69, 9.17) is 19.9 Å². The molecule has 0 bridgehead atoms. The van der Waals surface area contributed by atoms with Gasteiger partial charge in [-0.25, -0.2) is 19.9 Å². The lowest BCUT2D eigenvalue weighted by Crippen LogP contribution is -2.20. The highest BCUT2D eigenvalue weighted by atomic mass is 31.2. The van der Waals surface area contributed by atoms with Crippen molar-refractivity contribution in [3.05, 3.63) is 413 Å². The van der Waals surface area contributed by atoms with Crippen molar-refractivity contribution in [2.24, 2.45) is 0 Å². The number of aromatic nitrogens is 6. The molecule has 0 N–H and O–H groups in total. The molecule has 8 nitrogen and oxygen atoms in total. The number of hydrogen-bond acceptors (Lipinski definition) is 6. The zero-order chi connectivity index (χ0) is 77.0. The third kappa shape index (κ3) is 11.2. The first-order valence-electron chi connectivity index (χ1n) is 39.1. The van der Waals surface area contributed by atoms with Crippen LogP contribution in [0.3, 0.4) is 0 Å². The summed E-state index contributed by atoms with van der Waals surface area (Å²) < 4.78 is 35.9. The number of nitrogens with zero attached hydrogens (tertiary/aromatic N) is 6. The molecule has 10 heteroatoms. The molecule has 4 aromatic heterocycles. The molecule has 0 aliphatic carbocycles. The average Bonchev–Trinajstić information content (AvgIpc) is 1.54. The molecule has 544 valence electrons. The van der Waals surface area contributed by atoms with Gasteiger partial charge in [0.05, 0.1) is 39.1 Å². The minimum absolute atomic E-state index is 0.570. The molecular weight excluding hydrogens is 1450 g/mol. The summed E-state index contributed by atoms with van der Waals surface area (Å²) in [5.74, 6) is 1.99. The van der Waals surface area contributed by atoms with Crippen molar-refractivity contribution in [1.82, 2.24) is 29.1 Å². The Morgan fingerprint density at radius 3 is 1.10 bits per heavy atom. The molecule has 0 saturated heterocycles. The second kappa shape index (κ2) is 27.7. The van der Waals surface area contributed by atoms with E-state index in [0.29, 0.717) is 11.8 Å². The second-order valence-corrected chi connectivity index (χ2v) is 35.2. The molecule has 116 heavy (non-hydrogen) atoms. The van der Waals surface area contributed by atoms with Crippen LogP contribution < -0.4 is 31.8 Å². The van der Waals surface area contributed by atoms with Crippen LogP contribution in [-0.2, 0) is 9.13 Å². The van der Waals surface area contributed by atoms with Crippen LogP contribution in [-0.4, -0.2) is 29.1 Å². The fourth-order valence-corrected chi connectivity index (χ4v) is 23.9. The molecule has 0 spiro atoms. The summed E-state index contributed by atoms with van der Waals surface area (Å²) in [5.41, 5.74) is 21.4. The normalized spacial score (nSPS) is 14.5. The predicted molar refractivity (Wildman–Crippen MR) is 483 cm³/mol. The van der Waals surface area contributed by atoms with Crippen molar-refractivity contribution in [2.75, 3.05) is 0 Å². The topological polar surface area (TPSA) is 95.6 Å². The predicted octanol–water partition coefficient (Wildman–Crippen LogP) is 24.4. The number of hydrogen-bond donors (Lipinski definition) is 0. The van der Waals surface area contributed by atoms with Crippen molar-refractivity contribution < 1.29 is 9.13 Å². The lowest BCUT2D eigenvalue weighted by Gasteiger charge is -2.16. The van der Waals surface area contributed by atoms with Gasteiger partial charge in [-0.2, -0.15) is 0 Å². The number of rotatable bonds is 11. The van der Waals surface area contributed by atoms with Gasteiger partial charge in [-0.05, 0) is 108 Å². The third-order valence-electron chi connectivity index (χ3n) is 23.3. The van der Waals surface area contributed by atoms with Gasteiger partial charge in [-0.1, -0.05) is 370 Å². The lowest BCUT2D eigenvalue weighted by atomic mass is 10.0. The maximum Gasteiger partial charge on any atom is 0.235 e. The summed E-state index contributed by atoms with van der Waals surface area (Å²) in [5, 5.41) is 13.9. The van der Waals surface area contributed by atoms with Crippen LogP contribution in [0.2, 0.25) is 0 Å². The first-order chi connectivity index (χ1) is 57.3. The van der Waals surface area contributed by atoms with Crippen LogP contribution in [0.4, 0.5) is 0 Å². The fourth-order valence-electron chi connectivity index (χ4n) is 17.7. The van der Waals surface area contributed by atoms with E-state index < -0.39 is 14.3 Å². The van der Waals surface area contributed by atoms with Gasteiger partial charge in [0.2, 0.25) is 5.95 Å². The van der Waals surface area contributed by atoms with Gasteiger partial charge in [0.15, 0.2) is 20.1 Å². The van der Waals surface area contributed by atoms with E-state index in [0.717, 1.165) is 181 Å². The molecule has 0 fully saturated rings. The van der Waals surface area contributed by atoms with Gasteiger partial charge in [-0.3, -0.25) is 9.13 Å². The standard InChI is InChI=1S/C56H36N3OP.C50H32N3OP/c60-61(44-19-8-3-9-20-44)53-23-13-12-22-46(53)49-34-52-48(35-54(49)61)47-33-32-41-18-10-11-21-45(41)55(47)59(52)56-57-50(42-28-24-39(25-29-42)37-14-4-1-5-15-37)36-51(58-56)43-30-26-40(27-31-43)38-16-6-2-7-17-38;54-55(38-19-8-3-9-20-38)46-23-13-12-22-40(46)41-30-45-42(31-47(41)55)49-39-21-11-10-16-35(39)28-29-44(49)53(45)48-32-43(51-50(52-48)37-17-6-2-7-18-37)36-26-24-34(25-27-36)33-14-4-1-5-15-33/h1-36H;1-32H. The van der Waals surface area contributed by atoms with Gasteiger partial charge >= 0.3 is 0 Å². The average molecular weight is 1520 g/mol. The van der Waals surface area contributed by atoms with Crippen molar-refractivity contribution >= 4 is 111 Å². The van der Waals surface area contributed by atoms with Gasteiger partial charge < -0.3 is 9.13 Å². The molecule has 0 saturated carbocycles. The monoisotopic (exact) mass is 1520 g/mol. The maximum atomic E-state index is 15.7. The molecular formula is C106H68N6O2P2. The second-order valence-electron chi connectivity index (χ2n) is 29.8. The molecule has 17 aromatic carbocycles. The van der Waals surface area contributed by atoms with Gasteiger partial charge in [-0.15, -0.1) is 0 Å². The van der Waals surface area contributed by atoms with Gasteiger partial charge in [0, 0.05) is 87.1 Å². The van der Waals surface area contributed by atoms with Crippen LogP contribution in [0.1, 0.15) is 0 Å². The first-order valence-corrected chi connectivity index (χ1v) is 42.5. The molecule has 2 unspecified atom stereocenters. The molecule has 2 atom stereocenters. The first kappa shape index (κ1) is 68.3. The Morgan fingerprint density at radius 2 is 0.603 bits per heavy atom. The highest BCUT2D eigenvalue weighted by Crippen LogP contribution is 2.56. The number of benzene rings is 17. The van der Waals surface area contributed by atoms with E-state index >= 15 is 9.13 Å². The van der Waals surface area contributed by atoms with Crippen LogP contribution in [0, 0.1) is 0 Å². The quantitative estimate of drug-likeness (QED) is 0.120. The van der Waals surface area contributed by atoms with Crippen molar-refractivity contribution in [3.8, 4) is 113 Å². The smallest absolute Gasteiger partial charge is 0.235 e. The minimum Gasteiger partial charge on any atom is -0.309 e. The summed E-state index contributed by atoms with van der Waals surface area (Å²) in [4.78, 5) is 21.4. The summed E-state index contributed by atoms with van der Waals surface area (Å²) in [7, 11) is -6.35. The lowest BCUT2D eigenvalue weighted by molar-refractivity contribution is 0.592. The van der Waals surface area contributed by atoms with Crippen LogP contribution in [0.5, 0.6) is 0 Å². The maximum absolute atomic E-state index is 15.7. The molecule has 6 heterocycles. The number of fused-ring (bicyclic) bond motifs is 16. The van der Waals surface area contributed by atoms with Crippen molar-refractivity contribution in [3.63, 3.8) is 0 Å². The molecule has 21 aromatic rings. The molecule has 2 aliphatic rings. The minimum atomic E-state index is -3.18. The largest absolute Gasteiger partial charge is 0.309 e. The Morgan fingerprint density at radius 1 is 0.224 bits per heavy atom. The van der Waals surface area contributed by atoms with Crippen molar-refractivity contribution in [1.29, 1.82) is 0 Å². The SMILES string of the molecule is O=P1(c2ccccc2)c2ccccc2-c2cc3c(cc21)c1c2ccccc2ccc1n3-c1cc(-c2ccc(-c3ccccc3)cc2)nc(-c2ccccc2)n1.O=P1(c2ccccc2)c2ccccc2-c2cc3c(cc21)c1ccc2ccccc2c1n3-c1nc(-c2ccc(-c3ccccc3)cc2)cc(-c2ccc(-c3ccccc3)cc2)n1. The highest BCUT2D eigenvalue weighted by Gasteiger charge is 2.43. The van der Waals surface area contributed by atoms with Gasteiger partial charge in [0.25, 0.3) is 0 Å². The molecule has 23 rings (SSSR count). The molecule has 0 amide bonds. The highest BCUT2D eigenvalue weighted by molar-refractivity contribution is 7.87. The van der Waals surface area contributed by atoms with E-state index in [1.165, 1.54) is 16.7 Å². The molecule has 2 aliphatic heterocycles. The van der Waals surface area contributed by atoms with E-state index in [1.54, 1.807) is 0 Å². The molecule has 0 radical (unpaired) electrons. The Hall–Kier alpha value is -14.5. The summed E-state index contributed by atoms with van der Waals surface area (Å²) in [6.07, 6.45) is 0. The Labute approximate surface area is 670 Å². The Kier molecular flexibility index (Phi) is 16.3. The zero-order valence-electron chi connectivity index (χ0n) is 62.7. The van der Waals surface area contributed by atoms with Crippen LogP contribution in [0.25, 0.3) is 178 Å². The zero-order valence-corrected chi connectivity index (χ0v) is 64.4. The van der Waals surface area contributed by atoms with E-state index in [-0.39, 0.29) is 0 Å². The third-order valence-corrected chi connectivity index (χ3v) is 29.6. The van der Waals surface area contributed by atoms with Gasteiger partial charge in [0.1, 0.15) is 5.82 Å². The summed E-state index contributed by atoms with van der Waals surface area (Å²) in [6.45, 7) is 0. The Bertz CT molecular complexity index is 7490. The summed E-state index contributed by atoms with van der Waals surface area (Å²) >= 11 is 0. The van der Waals surface area contributed by atoms with E-state index in [9.17, 15) is 0 Å². The van der Waals surface area contributed by atoms with E-state index in [1.807, 2.05) is 133 Å². The fraction of sp³-hybridized carbons (Fsp3) is 0. The van der Waals surface area contributed by atoms with Crippen molar-refractivity contribution in [2.45, 2.75) is 0 Å². The van der Waals surface area contributed by atoms with Crippen LogP contribution in [0.15, 0.2) is 413 Å². The summed E-state index contributed by atoms with van der Waals surface area (Å²) in [6, 6.07) is 143.